The van der Waals surface area contributed by atoms with Crippen molar-refractivity contribution in [1.82, 2.24) is 0 Å². The third-order valence-corrected chi connectivity index (χ3v) is 3.42. The maximum atomic E-state index is 12.2. The molecule has 0 aromatic heterocycles. The fraction of sp³-hybridized carbons (Fsp3) is 0.235. The number of ether oxygens (including phenoxy) is 1. The quantitative estimate of drug-likeness (QED) is 0.882. The van der Waals surface area contributed by atoms with Crippen LogP contribution < -0.4 is 15.4 Å². The number of anilines is 2. The summed E-state index contributed by atoms with van der Waals surface area (Å²) in [5, 5.41) is 6.30. The van der Waals surface area contributed by atoms with E-state index < -0.39 is 0 Å². The summed E-state index contributed by atoms with van der Waals surface area (Å²) in [5.41, 5.74) is 2.45. The Morgan fingerprint density at radius 2 is 1.81 bits per heavy atom. The van der Waals surface area contributed by atoms with Gasteiger partial charge in [-0.1, -0.05) is 6.07 Å². The van der Waals surface area contributed by atoms with Crippen LogP contribution in [0.4, 0.5) is 11.4 Å². The highest BCUT2D eigenvalue weighted by Crippen LogP contribution is 2.25. The number of carbonyl (C=O) groups is 1. The van der Waals surface area contributed by atoms with E-state index in [1.54, 1.807) is 25.3 Å². The van der Waals surface area contributed by atoms with Crippen molar-refractivity contribution in [2.75, 3.05) is 17.7 Å². The number of methoxy groups -OCH3 is 1. The van der Waals surface area contributed by atoms with Gasteiger partial charge < -0.3 is 15.4 Å². The molecule has 4 heteroatoms. The van der Waals surface area contributed by atoms with Gasteiger partial charge in [0.2, 0.25) is 0 Å². The van der Waals surface area contributed by atoms with Crippen LogP contribution in [0.5, 0.6) is 5.75 Å². The van der Waals surface area contributed by atoms with Gasteiger partial charge in [0.1, 0.15) is 5.75 Å². The fourth-order valence-electron chi connectivity index (χ4n) is 2.08. The van der Waals surface area contributed by atoms with Crippen molar-refractivity contribution >= 4 is 17.3 Å². The Labute approximate surface area is 124 Å². The van der Waals surface area contributed by atoms with Crippen molar-refractivity contribution in [1.29, 1.82) is 0 Å². The van der Waals surface area contributed by atoms with Crippen molar-refractivity contribution in [2.24, 2.45) is 0 Å². The number of hydrogen-bond donors (Lipinski definition) is 2. The SMILES string of the molecule is COc1cccc(C(=O)Nc2ccc(NC3CC3)cc2)c1. The molecule has 1 saturated carbocycles. The molecule has 1 aliphatic rings. The van der Waals surface area contributed by atoms with Crippen LogP contribution in [0, 0.1) is 0 Å². The van der Waals surface area contributed by atoms with Gasteiger partial charge in [0.15, 0.2) is 0 Å². The van der Waals surface area contributed by atoms with Crippen LogP contribution in [-0.2, 0) is 0 Å². The number of amides is 1. The largest absolute Gasteiger partial charge is 0.497 e. The lowest BCUT2D eigenvalue weighted by molar-refractivity contribution is 0.102. The Hall–Kier alpha value is -2.49. The second kappa shape index (κ2) is 5.87. The number of rotatable bonds is 5. The third-order valence-electron chi connectivity index (χ3n) is 3.42. The van der Waals surface area contributed by atoms with Gasteiger partial charge in [-0.25, -0.2) is 0 Å². The highest BCUT2D eigenvalue weighted by atomic mass is 16.5. The number of benzene rings is 2. The zero-order valence-corrected chi connectivity index (χ0v) is 11.9. The minimum absolute atomic E-state index is 0.142. The second-order valence-corrected chi connectivity index (χ2v) is 5.18. The van der Waals surface area contributed by atoms with Gasteiger partial charge in [-0.15, -0.1) is 0 Å². The van der Waals surface area contributed by atoms with Crippen molar-refractivity contribution in [3.05, 3.63) is 54.1 Å². The fourth-order valence-corrected chi connectivity index (χ4v) is 2.08. The molecule has 21 heavy (non-hydrogen) atoms. The lowest BCUT2D eigenvalue weighted by Crippen LogP contribution is -2.12. The summed E-state index contributed by atoms with van der Waals surface area (Å²) in [6, 6.07) is 15.5. The maximum Gasteiger partial charge on any atom is 0.255 e. The highest BCUT2D eigenvalue weighted by molar-refractivity contribution is 6.04. The van der Waals surface area contributed by atoms with Crippen molar-refractivity contribution in [3.8, 4) is 5.75 Å². The van der Waals surface area contributed by atoms with E-state index in [1.807, 2.05) is 30.3 Å². The number of hydrogen-bond acceptors (Lipinski definition) is 3. The van der Waals surface area contributed by atoms with Crippen molar-refractivity contribution < 1.29 is 9.53 Å². The Morgan fingerprint density at radius 3 is 2.48 bits per heavy atom. The van der Waals surface area contributed by atoms with Crippen LogP contribution in [0.3, 0.4) is 0 Å². The predicted molar refractivity (Wildman–Crippen MR) is 84.0 cm³/mol. The first-order valence-corrected chi connectivity index (χ1v) is 7.06. The molecular weight excluding hydrogens is 264 g/mol. The monoisotopic (exact) mass is 282 g/mol. The molecule has 0 saturated heterocycles. The molecule has 0 aliphatic heterocycles. The van der Waals surface area contributed by atoms with Crippen molar-refractivity contribution in [3.63, 3.8) is 0 Å². The van der Waals surface area contributed by atoms with Gasteiger partial charge in [0, 0.05) is 23.0 Å². The molecule has 2 aromatic rings. The Kier molecular flexibility index (Phi) is 3.77. The molecule has 0 heterocycles. The van der Waals surface area contributed by atoms with E-state index in [0.717, 1.165) is 11.4 Å². The van der Waals surface area contributed by atoms with Crippen LogP contribution in [0.2, 0.25) is 0 Å². The molecule has 0 unspecified atom stereocenters. The molecular formula is C17H18N2O2. The summed E-state index contributed by atoms with van der Waals surface area (Å²) in [6.45, 7) is 0. The normalized spacial score (nSPS) is 13.6. The predicted octanol–water partition coefficient (Wildman–Crippen LogP) is 3.52. The first-order valence-electron chi connectivity index (χ1n) is 7.06. The molecule has 4 nitrogen and oxygen atoms in total. The summed E-state index contributed by atoms with van der Waals surface area (Å²) < 4.78 is 5.13. The average Bonchev–Trinajstić information content (AvgIpc) is 3.33. The molecule has 0 atom stereocenters. The lowest BCUT2D eigenvalue weighted by Gasteiger charge is -2.08. The second-order valence-electron chi connectivity index (χ2n) is 5.18. The molecule has 108 valence electrons. The van der Waals surface area contributed by atoms with E-state index >= 15 is 0 Å². The van der Waals surface area contributed by atoms with Crippen LogP contribution in [-0.4, -0.2) is 19.1 Å². The van der Waals surface area contributed by atoms with Gasteiger partial charge in [-0.2, -0.15) is 0 Å². The van der Waals surface area contributed by atoms with E-state index in [-0.39, 0.29) is 5.91 Å². The van der Waals surface area contributed by atoms with Crippen LogP contribution in [0.15, 0.2) is 48.5 Å². The summed E-state index contributed by atoms with van der Waals surface area (Å²) >= 11 is 0. The topological polar surface area (TPSA) is 50.4 Å². The first-order chi connectivity index (χ1) is 10.2. The Bertz CT molecular complexity index is 633. The standard InChI is InChI=1S/C17H18N2O2/c1-21-16-4-2-3-12(11-16)17(20)19-15-9-7-14(8-10-15)18-13-5-6-13/h2-4,7-11,13,18H,5-6H2,1H3,(H,19,20). The molecule has 0 spiro atoms. The van der Waals surface area contributed by atoms with Crippen LogP contribution >= 0.6 is 0 Å². The van der Waals surface area contributed by atoms with Gasteiger partial charge in [-0.05, 0) is 55.3 Å². The van der Waals surface area contributed by atoms with Gasteiger partial charge in [-0.3, -0.25) is 4.79 Å². The number of nitrogens with one attached hydrogen (secondary N) is 2. The molecule has 2 aromatic carbocycles. The first kappa shape index (κ1) is 13.5. The molecule has 3 rings (SSSR count). The highest BCUT2D eigenvalue weighted by Gasteiger charge is 2.20. The average molecular weight is 282 g/mol. The molecule has 0 radical (unpaired) electrons. The molecule has 1 amide bonds. The lowest BCUT2D eigenvalue weighted by atomic mass is 10.2. The van der Waals surface area contributed by atoms with Gasteiger partial charge >= 0.3 is 0 Å². The number of carbonyl (C=O) groups excluding carboxylic acids is 1. The van der Waals surface area contributed by atoms with Gasteiger partial charge in [0.25, 0.3) is 5.91 Å². The van der Waals surface area contributed by atoms with Crippen LogP contribution in [0.25, 0.3) is 0 Å². The van der Waals surface area contributed by atoms with E-state index in [9.17, 15) is 4.79 Å². The minimum atomic E-state index is -0.142. The maximum absolute atomic E-state index is 12.2. The molecule has 0 bridgehead atoms. The Balaban J connectivity index is 1.65. The third kappa shape index (κ3) is 3.54. The smallest absolute Gasteiger partial charge is 0.255 e. The summed E-state index contributed by atoms with van der Waals surface area (Å²) in [7, 11) is 1.59. The van der Waals surface area contributed by atoms with Gasteiger partial charge in [0.05, 0.1) is 7.11 Å². The molecule has 2 N–H and O–H groups in total. The molecule has 1 aliphatic carbocycles. The summed E-state index contributed by atoms with van der Waals surface area (Å²) in [6.07, 6.45) is 2.49. The van der Waals surface area contributed by atoms with E-state index in [4.69, 9.17) is 4.74 Å². The zero-order chi connectivity index (χ0) is 14.7. The van der Waals surface area contributed by atoms with Crippen molar-refractivity contribution in [2.45, 2.75) is 18.9 Å². The van der Waals surface area contributed by atoms with E-state index in [0.29, 0.717) is 17.4 Å². The van der Waals surface area contributed by atoms with E-state index in [2.05, 4.69) is 10.6 Å². The Morgan fingerprint density at radius 1 is 1.10 bits per heavy atom. The van der Waals surface area contributed by atoms with Crippen LogP contribution in [0.1, 0.15) is 23.2 Å². The summed E-state index contributed by atoms with van der Waals surface area (Å²) in [5.74, 6) is 0.531. The van der Waals surface area contributed by atoms with E-state index in [1.165, 1.54) is 12.8 Å². The minimum Gasteiger partial charge on any atom is -0.497 e. The zero-order valence-electron chi connectivity index (χ0n) is 11.9. The molecule has 1 fully saturated rings. The summed E-state index contributed by atoms with van der Waals surface area (Å²) in [4.78, 5) is 12.2.